The summed E-state index contributed by atoms with van der Waals surface area (Å²) in [5.41, 5.74) is 0. The van der Waals surface area contributed by atoms with Gasteiger partial charge in [-0.1, -0.05) is 12.2 Å². The van der Waals surface area contributed by atoms with Crippen molar-refractivity contribution in [1.29, 1.82) is 10.5 Å². The lowest BCUT2D eigenvalue weighted by Crippen LogP contribution is -1.79. The summed E-state index contributed by atoms with van der Waals surface area (Å²) in [6.45, 7) is 1.79. The van der Waals surface area contributed by atoms with E-state index in [1.807, 2.05) is 12.1 Å². The molecule has 0 rings (SSSR count). The van der Waals surface area contributed by atoms with Gasteiger partial charge >= 0.3 is 0 Å². The van der Waals surface area contributed by atoms with Crippen molar-refractivity contribution in [2.24, 2.45) is 5.92 Å². The summed E-state index contributed by atoms with van der Waals surface area (Å²) in [6.07, 6.45) is 3.82. The van der Waals surface area contributed by atoms with Crippen LogP contribution >= 0.6 is 0 Å². The van der Waals surface area contributed by atoms with E-state index >= 15 is 0 Å². The highest BCUT2D eigenvalue weighted by molar-refractivity contribution is 5.00. The molecule has 0 aliphatic rings. The summed E-state index contributed by atoms with van der Waals surface area (Å²) in [5.74, 6) is -0.0710. The van der Waals surface area contributed by atoms with Crippen LogP contribution in [0, 0.1) is 28.6 Å². The van der Waals surface area contributed by atoms with E-state index in [0.29, 0.717) is 6.42 Å². The maximum Gasteiger partial charge on any atom is 0.0694 e. The topological polar surface area (TPSA) is 47.6 Å². The van der Waals surface area contributed by atoms with Gasteiger partial charge in [-0.15, -0.1) is 0 Å². The van der Waals surface area contributed by atoms with Crippen LogP contribution in [0.25, 0.3) is 0 Å². The Morgan fingerprint density at radius 3 is 2.67 bits per heavy atom. The summed E-state index contributed by atoms with van der Waals surface area (Å²) in [4.78, 5) is 0. The number of nitriles is 2. The molecule has 0 aromatic carbocycles. The third-order valence-corrected chi connectivity index (χ3v) is 0.838. The van der Waals surface area contributed by atoms with Crippen molar-refractivity contribution in [2.75, 3.05) is 0 Å². The Morgan fingerprint density at radius 2 is 2.22 bits per heavy atom. The number of hydrogen-bond donors (Lipinski definition) is 0. The minimum absolute atomic E-state index is 0.0710. The molecule has 0 saturated carbocycles. The molecule has 2 nitrogen and oxygen atoms in total. The van der Waals surface area contributed by atoms with E-state index < -0.39 is 0 Å². The highest BCUT2D eigenvalue weighted by Gasteiger charge is 1.87. The number of hydrogen-bond acceptors (Lipinski definition) is 2. The van der Waals surface area contributed by atoms with Crippen molar-refractivity contribution >= 4 is 0 Å². The molecule has 0 spiro atoms. The highest BCUT2D eigenvalue weighted by Crippen LogP contribution is 1.93. The molecule has 0 aromatic heterocycles. The molecule has 0 fully saturated rings. The lowest BCUT2D eigenvalue weighted by Gasteiger charge is -1.85. The second-order valence-corrected chi connectivity index (χ2v) is 1.71. The van der Waals surface area contributed by atoms with Crippen LogP contribution in [-0.4, -0.2) is 0 Å². The zero-order valence-electron chi connectivity index (χ0n) is 5.33. The first kappa shape index (κ1) is 7.72. The first-order valence-corrected chi connectivity index (χ1v) is 2.74. The third kappa shape index (κ3) is 4.58. The van der Waals surface area contributed by atoms with E-state index in [-0.39, 0.29) is 5.92 Å². The number of nitrogens with zero attached hydrogens (tertiary/aromatic N) is 2. The largest absolute Gasteiger partial charge is 0.198 e. The van der Waals surface area contributed by atoms with Crippen molar-refractivity contribution in [1.82, 2.24) is 0 Å². The van der Waals surface area contributed by atoms with Gasteiger partial charge in [0, 0.05) is 0 Å². The van der Waals surface area contributed by atoms with Gasteiger partial charge in [0.2, 0.25) is 0 Å². The van der Waals surface area contributed by atoms with Gasteiger partial charge in [-0.25, -0.2) is 0 Å². The molecule has 46 valence electrons. The van der Waals surface area contributed by atoms with Crippen LogP contribution in [0.4, 0.5) is 0 Å². The van der Waals surface area contributed by atoms with E-state index in [9.17, 15) is 0 Å². The molecule has 0 heterocycles. The predicted molar refractivity (Wildman–Crippen MR) is 34.1 cm³/mol. The van der Waals surface area contributed by atoms with Crippen molar-refractivity contribution in [3.63, 3.8) is 0 Å². The number of allylic oxidation sites excluding steroid dienone is 2. The van der Waals surface area contributed by atoms with Crippen LogP contribution in [0.2, 0.25) is 0 Å². The molecule has 2 heteroatoms. The molecule has 9 heavy (non-hydrogen) atoms. The summed E-state index contributed by atoms with van der Waals surface area (Å²) >= 11 is 0. The Hall–Kier alpha value is -1.28. The Balaban J connectivity index is 3.50. The summed E-state index contributed by atoms with van der Waals surface area (Å²) in [6, 6.07) is 3.98. The average molecular weight is 120 g/mol. The second-order valence-electron chi connectivity index (χ2n) is 1.71. The minimum Gasteiger partial charge on any atom is -0.198 e. The predicted octanol–water partition coefficient (Wildman–Crippen LogP) is 1.62. The average Bonchev–Trinajstić information content (AvgIpc) is 1.89. The van der Waals surface area contributed by atoms with Crippen LogP contribution in [0.3, 0.4) is 0 Å². The lowest BCUT2D eigenvalue weighted by molar-refractivity contribution is 0.951. The van der Waals surface area contributed by atoms with Crippen LogP contribution < -0.4 is 0 Å². The van der Waals surface area contributed by atoms with Gasteiger partial charge < -0.3 is 0 Å². The zero-order valence-corrected chi connectivity index (χ0v) is 5.33. The maximum atomic E-state index is 8.25. The van der Waals surface area contributed by atoms with Gasteiger partial charge in [-0.05, 0) is 6.92 Å². The fourth-order valence-corrected chi connectivity index (χ4v) is 0.368. The quantitative estimate of drug-likeness (QED) is 0.520. The smallest absolute Gasteiger partial charge is 0.0694 e. The van der Waals surface area contributed by atoms with Gasteiger partial charge in [-0.2, -0.15) is 10.5 Å². The monoisotopic (exact) mass is 120 g/mol. The van der Waals surface area contributed by atoms with Gasteiger partial charge in [0.1, 0.15) is 0 Å². The molecule has 0 aliphatic carbocycles. The first-order valence-electron chi connectivity index (χ1n) is 2.74. The van der Waals surface area contributed by atoms with Crippen molar-refractivity contribution in [2.45, 2.75) is 13.3 Å². The normalized spacial score (nSPS) is 12.3. The van der Waals surface area contributed by atoms with E-state index in [2.05, 4.69) is 0 Å². The van der Waals surface area contributed by atoms with Crippen molar-refractivity contribution in [3.8, 4) is 12.1 Å². The molecule has 1 unspecified atom stereocenters. The van der Waals surface area contributed by atoms with Crippen LogP contribution in [0.1, 0.15) is 13.3 Å². The van der Waals surface area contributed by atoms with Gasteiger partial charge in [-0.3, -0.25) is 0 Å². The van der Waals surface area contributed by atoms with E-state index in [0.717, 1.165) is 0 Å². The first-order chi connectivity index (χ1) is 4.31. The SMILES string of the molecule is CC(C#N)C=CCC#N. The molecule has 0 aromatic rings. The van der Waals surface area contributed by atoms with Gasteiger partial charge in [0.15, 0.2) is 0 Å². The Morgan fingerprint density at radius 1 is 1.56 bits per heavy atom. The van der Waals surface area contributed by atoms with Crippen LogP contribution in [0.5, 0.6) is 0 Å². The summed E-state index contributed by atoms with van der Waals surface area (Å²) in [5, 5.41) is 16.3. The Bertz CT molecular complexity index is 168. The maximum absolute atomic E-state index is 8.25. The van der Waals surface area contributed by atoms with Gasteiger partial charge in [0.25, 0.3) is 0 Å². The van der Waals surface area contributed by atoms with E-state index in [1.54, 1.807) is 19.1 Å². The fourth-order valence-electron chi connectivity index (χ4n) is 0.368. The van der Waals surface area contributed by atoms with Crippen LogP contribution in [-0.2, 0) is 0 Å². The zero-order chi connectivity index (χ0) is 7.11. The molecule has 0 N–H and O–H groups in total. The minimum atomic E-state index is -0.0710. The van der Waals surface area contributed by atoms with E-state index in [1.165, 1.54) is 0 Å². The second kappa shape index (κ2) is 4.87. The molecular weight excluding hydrogens is 112 g/mol. The van der Waals surface area contributed by atoms with Crippen LogP contribution in [0.15, 0.2) is 12.2 Å². The number of rotatable bonds is 2. The molecule has 1 atom stereocenters. The summed E-state index contributed by atoms with van der Waals surface area (Å²) < 4.78 is 0. The van der Waals surface area contributed by atoms with Crippen molar-refractivity contribution < 1.29 is 0 Å². The molecular formula is C7H8N2. The Labute approximate surface area is 55.0 Å². The molecule has 0 amide bonds. The third-order valence-electron chi connectivity index (χ3n) is 0.838. The summed E-state index contributed by atoms with van der Waals surface area (Å²) in [7, 11) is 0. The van der Waals surface area contributed by atoms with E-state index in [4.69, 9.17) is 10.5 Å². The highest BCUT2D eigenvalue weighted by atomic mass is 14.2. The molecule has 0 bridgehead atoms. The molecule has 0 radical (unpaired) electrons. The fraction of sp³-hybridized carbons (Fsp3) is 0.429. The standard InChI is InChI=1S/C7H8N2/c1-7(6-9)4-2-3-5-8/h2,4,7H,3H2,1H3. The van der Waals surface area contributed by atoms with Gasteiger partial charge in [0.05, 0.1) is 24.5 Å². The lowest BCUT2D eigenvalue weighted by atomic mass is 10.2. The molecule has 0 saturated heterocycles. The molecule has 0 aliphatic heterocycles. The Kier molecular flexibility index (Phi) is 4.18. The van der Waals surface area contributed by atoms with Crippen molar-refractivity contribution in [3.05, 3.63) is 12.2 Å².